The Labute approximate surface area is 316 Å². The molecule has 0 spiro atoms. The number of hydrogen-bond donors (Lipinski definition) is 8. The molecule has 0 aliphatic carbocycles. The Morgan fingerprint density at radius 3 is 1.20 bits per heavy atom. The first-order valence-electron chi connectivity index (χ1n) is 16.0. The highest BCUT2D eigenvalue weighted by atomic mass is 32.2. The van der Waals surface area contributed by atoms with E-state index in [1.54, 1.807) is 48.5 Å². The van der Waals surface area contributed by atoms with Crippen LogP contribution in [0, 0.1) is 0 Å². The number of nitrogens with zero attached hydrogens (tertiary/aromatic N) is 4. The maximum atomic E-state index is 12.2. The minimum atomic E-state index is -4.89. The lowest BCUT2D eigenvalue weighted by Crippen LogP contribution is -2.12. The molecule has 6 rings (SSSR count). The second kappa shape index (κ2) is 15.4. The predicted molar refractivity (Wildman–Crippen MR) is 203 cm³/mol. The summed E-state index contributed by atoms with van der Waals surface area (Å²) in [5.41, 5.74) is 1.54. The quantitative estimate of drug-likeness (QED) is 0.0417. The standard InChI is InChI=1S/C36H28N6O12S2/c43-31(44)17-37-25-9-11-27-21(13-25)15-29(55(49,50)51)33(35(27)47)41-39-23-5-1-19(2-6-23)20-3-7-24(8-4-20)40-42-34-30(56(52,53)54)16-22-14-26(38-18-32(45)46)10-12-28(22)36(34)48/h1-16,37-38,47-48H,17-18H2,(H,43,44)(H,45,46)(H,49,50,51)(H,52,53,54). The summed E-state index contributed by atoms with van der Waals surface area (Å²) in [6.45, 7) is -0.817. The maximum absolute atomic E-state index is 12.2. The number of carboxylic acid groups (broad SMARTS) is 2. The van der Waals surface area contributed by atoms with E-state index in [0.717, 1.165) is 12.1 Å². The van der Waals surface area contributed by atoms with Crippen LogP contribution >= 0.6 is 0 Å². The fourth-order valence-electron chi connectivity index (χ4n) is 5.52. The van der Waals surface area contributed by atoms with Gasteiger partial charge in [-0.05, 0) is 94.7 Å². The molecular formula is C36H28N6O12S2. The van der Waals surface area contributed by atoms with Crippen LogP contribution in [0.3, 0.4) is 0 Å². The van der Waals surface area contributed by atoms with E-state index in [2.05, 4.69) is 31.1 Å². The SMILES string of the molecule is O=C(O)CNc1ccc2c(O)c(N=Nc3ccc(-c4ccc(N=Nc5c(S(=O)(=O)O)cc6cc(NCC(=O)O)ccc6c5O)cc4)cc3)c(S(=O)(=O)O)cc2c1. The van der Waals surface area contributed by atoms with Gasteiger partial charge in [0.15, 0.2) is 11.5 Å². The average molecular weight is 801 g/mol. The zero-order valence-electron chi connectivity index (χ0n) is 28.4. The van der Waals surface area contributed by atoms with Crippen molar-refractivity contribution < 1.29 is 56.0 Å². The van der Waals surface area contributed by atoms with E-state index in [9.17, 15) is 45.7 Å². The molecule has 6 aromatic rings. The van der Waals surface area contributed by atoms with Crippen molar-refractivity contribution in [2.24, 2.45) is 20.5 Å². The van der Waals surface area contributed by atoms with Crippen LogP contribution in [0.1, 0.15) is 0 Å². The van der Waals surface area contributed by atoms with E-state index in [0.29, 0.717) is 22.5 Å². The van der Waals surface area contributed by atoms with Gasteiger partial charge in [-0.1, -0.05) is 24.3 Å². The van der Waals surface area contributed by atoms with Crippen LogP contribution in [0.25, 0.3) is 32.7 Å². The first-order chi connectivity index (χ1) is 26.5. The Balaban J connectivity index is 1.22. The number of benzene rings is 6. The number of carboxylic acids is 2. The van der Waals surface area contributed by atoms with Crippen LogP contribution in [0.15, 0.2) is 127 Å². The van der Waals surface area contributed by atoms with Crippen LogP contribution in [-0.4, -0.2) is 71.4 Å². The molecule has 0 bridgehead atoms. The summed E-state index contributed by atoms with van der Waals surface area (Å²) in [4.78, 5) is 20.3. The number of carbonyl (C=O) groups is 2. The number of fused-ring (bicyclic) bond motifs is 2. The second-order valence-electron chi connectivity index (χ2n) is 12.0. The number of aromatic hydroxyl groups is 2. The monoisotopic (exact) mass is 800 g/mol. The minimum absolute atomic E-state index is 0.168. The molecule has 0 aliphatic heterocycles. The topological polar surface area (TPSA) is 297 Å². The molecule has 6 aromatic carbocycles. The van der Waals surface area contributed by atoms with Gasteiger partial charge in [0.25, 0.3) is 20.2 Å². The van der Waals surface area contributed by atoms with E-state index < -0.39 is 77.9 Å². The molecule has 18 nitrogen and oxygen atoms in total. The third-order valence-electron chi connectivity index (χ3n) is 8.14. The largest absolute Gasteiger partial charge is 0.505 e. The molecule has 8 N–H and O–H groups in total. The molecule has 0 fully saturated rings. The summed E-state index contributed by atoms with van der Waals surface area (Å²) in [6, 6.07) is 23.7. The van der Waals surface area contributed by atoms with E-state index in [1.165, 1.54) is 36.4 Å². The van der Waals surface area contributed by atoms with Gasteiger partial charge in [-0.3, -0.25) is 18.7 Å². The van der Waals surface area contributed by atoms with Gasteiger partial charge in [-0.2, -0.15) is 27.1 Å². The predicted octanol–water partition coefficient (Wildman–Crippen LogP) is 7.39. The molecule has 0 heterocycles. The molecule has 286 valence electrons. The highest BCUT2D eigenvalue weighted by Crippen LogP contribution is 2.43. The van der Waals surface area contributed by atoms with Crippen LogP contribution in [0.5, 0.6) is 11.5 Å². The Morgan fingerprint density at radius 1 is 0.518 bits per heavy atom. The number of azo groups is 2. The highest BCUT2D eigenvalue weighted by molar-refractivity contribution is 7.86. The van der Waals surface area contributed by atoms with E-state index in [4.69, 9.17) is 10.2 Å². The molecule has 0 unspecified atom stereocenters. The van der Waals surface area contributed by atoms with Crippen molar-refractivity contribution >= 4 is 87.8 Å². The Hall–Kier alpha value is -7.00. The summed E-state index contributed by atoms with van der Waals surface area (Å²) >= 11 is 0. The lowest BCUT2D eigenvalue weighted by Gasteiger charge is -2.11. The molecule has 0 aromatic heterocycles. The highest BCUT2D eigenvalue weighted by Gasteiger charge is 2.24. The van der Waals surface area contributed by atoms with Crippen LogP contribution in [0.2, 0.25) is 0 Å². The normalized spacial score (nSPS) is 12.1. The lowest BCUT2D eigenvalue weighted by molar-refractivity contribution is -0.135. The van der Waals surface area contributed by atoms with Gasteiger partial charge in [0.05, 0.1) is 11.4 Å². The van der Waals surface area contributed by atoms with E-state index in [1.807, 2.05) is 0 Å². The molecule has 0 saturated carbocycles. The molecule has 56 heavy (non-hydrogen) atoms. The van der Waals surface area contributed by atoms with Gasteiger partial charge < -0.3 is 31.1 Å². The molecule has 0 amide bonds. The molecule has 0 saturated heterocycles. The molecule has 0 atom stereocenters. The van der Waals surface area contributed by atoms with Crippen molar-refractivity contribution in [1.29, 1.82) is 0 Å². The summed E-state index contributed by atoms with van der Waals surface area (Å²) in [7, 11) is -9.78. The summed E-state index contributed by atoms with van der Waals surface area (Å²) < 4.78 is 68.7. The number of hydrogen-bond acceptors (Lipinski definition) is 14. The first kappa shape index (κ1) is 38.7. The summed E-state index contributed by atoms with van der Waals surface area (Å²) in [5, 5.41) is 61.5. The fraction of sp³-hybridized carbons (Fsp3) is 0.0556. The van der Waals surface area contributed by atoms with E-state index in [-0.39, 0.29) is 32.9 Å². The third kappa shape index (κ3) is 8.69. The van der Waals surface area contributed by atoms with Crippen LogP contribution in [0.4, 0.5) is 34.1 Å². The van der Waals surface area contributed by atoms with Gasteiger partial charge in [-0.25, -0.2) is 0 Å². The second-order valence-corrected chi connectivity index (χ2v) is 14.7. The van der Waals surface area contributed by atoms with Crippen molar-refractivity contribution in [2.45, 2.75) is 9.79 Å². The van der Waals surface area contributed by atoms with Crippen molar-refractivity contribution in [3.8, 4) is 22.6 Å². The van der Waals surface area contributed by atoms with Gasteiger partial charge in [-0.15, -0.1) is 10.2 Å². The third-order valence-corrected chi connectivity index (χ3v) is 9.88. The maximum Gasteiger partial charge on any atom is 0.322 e. The van der Waals surface area contributed by atoms with Crippen molar-refractivity contribution in [2.75, 3.05) is 23.7 Å². The average Bonchev–Trinajstić information content (AvgIpc) is 3.15. The Bertz CT molecular complexity index is 2640. The lowest BCUT2D eigenvalue weighted by atomic mass is 10.1. The fourth-order valence-corrected chi connectivity index (χ4v) is 6.84. The van der Waals surface area contributed by atoms with Gasteiger partial charge in [0.2, 0.25) is 0 Å². The first-order valence-corrected chi connectivity index (χ1v) is 18.9. The number of anilines is 2. The van der Waals surface area contributed by atoms with Crippen molar-refractivity contribution in [3.63, 3.8) is 0 Å². The number of phenols is 2. The molecular weight excluding hydrogens is 773 g/mol. The number of rotatable bonds is 13. The number of nitrogens with one attached hydrogen (secondary N) is 2. The van der Waals surface area contributed by atoms with Gasteiger partial charge in [0.1, 0.15) is 34.3 Å². The summed E-state index contributed by atoms with van der Waals surface area (Å²) in [5.74, 6) is -3.41. The van der Waals surface area contributed by atoms with Gasteiger partial charge >= 0.3 is 11.9 Å². The van der Waals surface area contributed by atoms with Gasteiger partial charge in [0, 0.05) is 22.1 Å². The smallest absolute Gasteiger partial charge is 0.322 e. The molecule has 0 aliphatic rings. The number of aliphatic carboxylic acids is 2. The molecule has 20 heteroatoms. The van der Waals surface area contributed by atoms with Crippen molar-refractivity contribution in [1.82, 2.24) is 0 Å². The van der Waals surface area contributed by atoms with E-state index >= 15 is 0 Å². The minimum Gasteiger partial charge on any atom is -0.505 e. The van der Waals surface area contributed by atoms with Crippen LogP contribution < -0.4 is 10.6 Å². The zero-order chi connectivity index (χ0) is 40.4. The Morgan fingerprint density at radius 2 is 0.875 bits per heavy atom. The summed E-state index contributed by atoms with van der Waals surface area (Å²) in [6.07, 6.45) is 0. The Kier molecular flexibility index (Phi) is 10.6. The zero-order valence-corrected chi connectivity index (χ0v) is 30.0. The molecule has 0 radical (unpaired) electrons. The van der Waals surface area contributed by atoms with Crippen LogP contribution in [-0.2, 0) is 29.8 Å². The van der Waals surface area contributed by atoms with Crippen molar-refractivity contribution in [3.05, 3.63) is 97.1 Å². The number of phenolic OH excluding ortho intramolecular Hbond substituents is 2.